The Labute approximate surface area is 166 Å². The lowest BCUT2D eigenvalue weighted by atomic mass is 9.31. The summed E-state index contributed by atoms with van der Waals surface area (Å²) in [6.45, 7) is 0. The number of allylic oxidation sites excluding steroid dienone is 2. The predicted octanol–water partition coefficient (Wildman–Crippen LogP) is 3.36. The first-order chi connectivity index (χ1) is 10.3. The van der Waals surface area contributed by atoms with E-state index in [0.29, 0.717) is 0 Å². The average Bonchev–Trinajstić information content (AvgIpc) is 2.53. The van der Waals surface area contributed by atoms with Crippen LogP contribution < -0.4 is 0 Å². The van der Waals surface area contributed by atoms with E-state index in [9.17, 15) is 9.59 Å². The molecule has 0 saturated heterocycles. The Morgan fingerprint density at radius 3 is 1.74 bits per heavy atom. The van der Waals surface area contributed by atoms with Gasteiger partial charge in [0.15, 0.2) is 9.75 Å². The highest BCUT2D eigenvalue weighted by Gasteiger charge is 3.12. The molecule has 0 aromatic heterocycles. The zero-order chi connectivity index (χ0) is 17.9. The minimum absolute atomic E-state index is 0.160. The molecule has 0 aromatic rings. The number of carbonyl (C=O) groups is 2. The third-order valence-electron chi connectivity index (χ3n) is 4.96. The normalized spacial score (nSPS) is 56.0. The molecule has 4 aliphatic rings. The van der Waals surface area contributed by atoms with Crippen LogP contribution in [0, 0.1) is 0 Å². The molecule has 11 heteroatoms. The fourth-order valence-electron chi connectivity index (χ4n) is 3.94. The Bertz CT molecular complexity index is 699. The van der Waals surface area contributed by atoms with Crippen LogP contribution in [0.5, 0.6) is 0 Å². The first-order valence-electron chi connectivity index (χ1n) is 6.03. The minimum atomic E-state index is -2.14. The Morgan fingerprint density at radius 1 is 0.870 bits per heavy atom. The first kappa shape index (κ1) is 18.5. The summed E-state index contributed by atoms with van der Waals surface area (Å²) in [4.78, 5) is 12.5. The van der Waals surface area contributed by atoms with Crippen LogP contribution in [0.4, 0.5) is 0 Å². The van der Waals surface area contributed by atoms with Gasteiger partial charge in [-0.25, -0.2) is 0 Å². The molecule has 2 saturated carbocycles. The van der Waals surface area contributed by atoms with Crippen LogP contribution in [-0.4, -0.2) is 55.4 Å². The highest BCUT2D eigenvalue weighted by molar-refractivity contribution is 6.71. The average molecular weight is 463 g/mol. The van der Waals surface area contributed by atoms with E-state index in [1.807, 2.05) is 0 Å². The quantitative estimate of drug-likeness (QED) is 0.466. The standard InChI is InChI=1S/C12H7Cl7O4/c1-22-5(20)9(16)7(14)3-4(13)8(15)10(17,6(21)23-2)11(7,18)12(8,9)19/h3H,1-2H3/t7-,8+,9-,10-,11+,12+/m0/s1. The Morgan fingerprint density at radius 2 is 1.30 bits per heavy atom. The van der Waals surface area contributed by atoms with Crippen LogP contribution in [0.3, 0.4) is 0 Å². The highest BCUT2D eigenvalue weighted by Crippen LogP contribution is 2.92. The number of methoxy groups -OCH3 is 2. The lowest BCUT2D eigenvalue weighted by molar-refractivity contribution is -0.175. The molecule has 0 amide bonds. The van der Waals surface area contributed by atoms with Crippen molar-refractivity contribution in [2.45, 2.75) is 29.2 Å². The molecule has 0 N–H and O–H groups in total. The number of alkyl halides is 6. The molecule has 0 aliphatic heterocycles. The summed E-state index contributed by atoms with van der Waals surface area (Å²) >= 11 is 45.2. The molecule has 0 aromatic carbocycles. The van der Waals surface area contributed by atoms with E-state index in [1.54, 1.807) is 0 Å². The maximum Gasteiger partial charge on any atom is 0.331 e. The topological polar surface area (TPSA) is 52.6 Å². The van der Waals surface area contributed by atoms with Gasteiger partial charge in [-0.15, -0.1) is 69.6 Å². The second-order valence-electron chi connectivity index (χ2n) is 5.48. The van der Waals surface area contributed by atoms with E-state index in [2.05, 4.69) is 9.47 Å². The molecule has 0 heterocycles. The first-order valence-corrected chi connectivity index (χ1v) is 8.68. The molecule has 0 radical (unpaired) electrons. The molecule has 2 fully saturated rings. The zero-order valence-electron chi connectivity index (χ0n) is 11.4. The zero-order valence-corrected chi connectivity index (χ0v) is 16.6. The number of hydrogen-bond acceptors (Lipinski definition) is 4. The van der Waals surface area contributed by atoms with Gasteiger partial charge in [0.05, 0.1) is 14.2 Å². The van der Waals surface area contributed by atoms with Gasteiger partial charge in [0.2, 0.25) is 0 Å². The van der Waals surface area contributed by atoms with Gasteiger partial charge in [-0.3, -0.25) is 9.59 Å². The van der Waals surface area contributed by atoms with Crippen LogP contribution in [0.25, 0.3) is 0 Å². The van der Waals surface area contributed by atoms with Crippen molar-refractivity contribution in [3.63, 3.8) is 0 Å². The van der Waals surface area contributed by atoms with Crippen molar-refractivity contribution < 1.29 is 19.1 Å². The lowest BCUT2D eigenvalue weighted by Gasteiger charge is -2.87. The molecule has 0 spiro atoms. The summed E-state index contributed by atoms with van der Waals surface area (Å²) < 4.78 is 9.37. The highest BCUT2D eigenvalue weighted by atomic mass is 35.5. The Kier molecular flexibility index (Phi) is 3.63. The second kappa shape index (κ2) is 4.51. The van der Waals surface area contributed by atoms with Crippen LogP contribution >= 0.6 is 81.2 Å². The number of ether oxygens (including phenoxy) is 2. The predicted molar refractivity (Wildman–Crippen MR) is 89.5 cm³/mol. The molecular formula is C12H7Cl7O4. The summed E-state index contributed by atoms with van der Waals surface area (Å²) in [5, 5.41) is -0.160. The summed E-state index contributed by atoms with van der Waals surface area (Å²) in [6.07, 6.45) is 1.17. The third-order valence-corrected chi connectivity index (χ3v) is 10.7. The molecule has 4 rings (SSSR count). The molecule has 128 valence electrons. The van der Waals surface area contributed by atoms with E-state index >= 15 is 0 Å². The van der Waals surface area contributed by atoms with Crippen molar-refractivity contribution in [3.05, 3.63) is 11.1 Å². The van der Waals surface area contributed by atoms with Crippen LogP contribution in [0.1, 0.15) is 0 Å². The van der Waals surface area contributed by atoms with E-state index in [4.69, 9.17) is 81.2 Å². The van der Waals surface area contributed by atoms with Gasteiger partial charge in [0.25, 0.3) is 0 Å². The van der Waals surface area contributed by atoms with Gasteiger partial charge in [-0.1, -0.05) is 11.6 Å². The Hall–Kier alpha value is 0.710. The molecule has 4 bridgehead atoms. The van der Waals surface area contributed by atoms with Crippen molar-refractivity contribution >= 4 is 93.1 Å². The van der Waals surface area contributed by atoms with Gasteiger partial charge in [0.1, 0.15) is 19.5 Å². The van der Waals surface area contributed by atoms with Crippen LogP contribution in [-0.2, 0) is 19.1 Å². The molecule has 4 aliphatic carbocycles. The lowest BCUT2D eigenvalue weighted by Crippen LogP contribution is -3.11. The van der Waals surface area contributed by atoms with E-state index in [1.165, 1.54) is 6.08 Å². The van der Waals surface area contributed by atoms with E-state index < -0.39 is 41.2 Å². The molecule has 0 unspecified atom stereocenters. The fourth-order valence-corrected chi connectivity index (χ4v) is 8.82. The SMILES string of the molecule is COC(=O)[C@]1(Cl)[C@@]2(Cl)C=C(Cl)[C@@]3(Cl)[C@@](Cl)(C(=O)OC)[C@@]2(Cl)[C@@]31Cl. The van der Waals surface area contributed by atoms with Gasteiger partial charge in [-0.2, -0.15) is 0 Å². The largest absolute Gasteiger partial charge is 0.468 e. The monoisotopic (exact) mass is 460 g/mol. The number of rotatable bonds is 2. The molecular weight excluding hydrogens is 456 g/mol. The van der Waals surface area contributed by atoms with Crippen molar-refractivity contribution in [1.82, 2.24) is 0 Å². The third kappa shape index (κ3) is 1.18. The summed E-state index contributed by atoms with van der Waals surface area (Å²) in [7, 11) is 2.17. The van der Waals surface area contributed by atoms with Crippen LogP contribution in [0.15, 0.2) is 11.1 Å². The van der Waals surface area contributed by atoms with Gasteiger partial charge >= 0.3 is 11.9 Å². The van der Waals surface area contributed by atoms with Gasteiger partial charge in [0, 0.05) is 5.03 Å². The van der Waals surface area contributed by atoms with Crippen molar-refractivity contribution in [3.8, 4) is 0 Å². The van der Waals surface area contributed by atoms with Gasteiger partial charge < -0.3 is 9.47 Å². The number of halogens is 7. The maximum absolute atomic E-state index is 12.3. The summed E-state index contributed by atoms with van der Waals surface area (Å²) in [5.74, 6) is -1.98. The van der Waals surface area contributed by atoms with Crippen molar-refractivity contribution in [2.24, 2.45) is 0 Å². The number of hydrogen-bond donors (Lipinski definition) is 0. The number of carbonyl (C=O) groups excluding carboxylic acids is 2. The second-order valence-corrected chi connectivity index (χ2v) is 9.32. The van der Waals surface area contributed by atoms with Gasteiger partial charge in [-0.05, 0) is 6.08 Å². The minimum Gasteiger partial charge on any atom is -0.468 e. The van der Waals surface area contributed by atoms with E-state index in [-0.39, 0.29) is 5.03 Å². The number of esters is 2. The molecule has 4 nitrogen and oxygen atoms in total. The fraction of sp³-hybridized carbons (Fsp3) is 0.667. The van der Waals surface area contributed by atoms with Crippen molar-refractivity contribution in [2.75, 3.05) is 14.2 Å². The summed E-state index contributed by atoms with van der Waals surface area (Å²) in [5.41, 5.74) is 0. The Balaban J connectivity index is 2.37. The van der Waals surface area contributed by atoms with E-state index in [0.717, 1.165) is 14.2 Å². The summed E-state index contributed by atoms with van der Waals surface area (Å²) in [6, 6.07) is 0. The smallest absolute Gasteiger partial charge is 0.331 e. The maximum atomic E-state index is 12.3. The molecule has 23 heavy (non-hydrogen) atoms. The van der Waals surface area contributed by atoms with Crippen molar-refractivity contribution in [1.29, 1.82) is 0 Å². The molecule has 6 atom stereocenters. The van der Waals surface area contributed by atoms with Crippen LogP contribution in [0.2, 0.25) is 0 Å².